The molecule has 1 rings (SSSR count). The molecule has 0 fully saturated rings. The van der Waals surface area contributed by atoms with E-state index in [0.29, 0.717) is 0 Å². The number of hydrogen-bond acceptors (Lipinski definition) is 1. The maximum absolute atomic E-state index is 3.92. The van der Waals surface area contributed by atoms with Gasteiger partial charge in [0.15, 0.2) is 0 Å². The Morgan fingerprint density at radius 2 is 2.38 bits per heavy atom. The highest BCUT2D eigenvalue weighted by atomic mass is 79.9. The summed E-state index contributed by atoms with van der Waals surface area (Å²) in [6.07, 6.45) is 1.71. The maximum atomic E-state index is 3.92. The lowest BCUT2D eigenvalue weighted by molar-refractivity contribution is 1.26. The van der Waals surface area contributed by atoms with Crippen LogP contribution in [0.2, 0.25) is 0 Å². The van der Waals surface area contributed by atoms with Gasteiger partial charge >= 0.3 is 0 Å². The molecule has 0 saturated carbocycles. The first kappa shape index (κ1) is 5.76. The van der Waals surface area contributed by atoms with Crippen molar-refractivity contribution in [3.63, 3.8) is 0 Å². The minimum atomic E-state index is 0.838. The van der Waals surface area contributed by atoms with E-state index in [2.05, 4.69) is 27.8 Å². The number of hydrogen-bond donors (Lipinski definition) is 0. The quantitative estimate of drug-likeness (QED) is 0.544. The SMILES string of the molecule is [CH2]c1ccnc(Br)c1. The number of pyridine rings is 1. The summed E-state index contributed by atoms with van der Waals surface area (Å²) in [6.45, 7) is 3.71. The number of nitrogens with zero attached hydrogens (tertiary/aromatic N) is 1. The molecule has 1 aromatic rings. The van der Waals surface area contributed by atoms with Crippen LogP contribution in [0.5, 0.6) is 0 Å². The molecule has 0 atom stereocenters. The van der Waals surface area contributed by atoms with Crippen molar-refractivity contribution >= 4 is 15.9 Å². The third-order valence-corrected chi connectivity index (χ3v) is 1.22. The summed E-state index contributed by atoms with van der Waals surface area (Å²) < 4.78 is 0.838. The number of halogens is 1. The summed E-state index contributed by atoms with van der Waals surface area (Å²) in [5.41, 5.74) is 0.979. The predicted octanol–water partition coefficient (Wildman–Crippen LogP) is 2.03. The molecule has 1 radical (unpaired) electrons. The highest BCUT2D eigenvalue weighted by Crippen LogP contribution is 2.05. The largest absolute Gasteiger partial charge is 0.249 e. The van der Waals surface area contributed by atoms with Crippen LogP contribution in [0.15, 0.2) is 22.9 Å². The van der Waals surface area contributed by atoms with Crippen LogP contribution < -0.4 is 0 Å². The van der Waals surface area contributed by atoms with Crippen molar-refractivity contribution in [2.75, 3.05) is 0 Å². The zero-order valence-corrected chi connectivity index (χ0v) is 5.85. The Balaban J connectivity index is 3.08. The van der Waals surface area contributed by atoms with Crippen LogP contribution in [0, 0.1) is 6.92 Å². The monoisotopic (exact) mass is 170 g/mol. The summed E-state index contributed by atoms with van der Waals surface area (Å²) in [7, 11) is 0. The van der Waals surface area contributed by atoms with Crippen molar-refractivity contribution < 1.29 is 0 Å². The van der Waals surface area contributed by atoms with Crippen molar-refractivity contribution in [1.29, 1.82) is 0 Å². The van der Waals surface area contributed by atoms with Crippen LogP contribution in [-0.4, -0.2) is 4.98 Å². The molecule has 0 saturated heterocycles. The number of rotatable bonds is 0. The van der Waals surface area contributed by atoms with Gasteiger partial charge in [-0.3, -0.25) is 0 Å². The van der Waals surface area contributed by atoms with Crippen LogP contribution in [0.25, 0.3) is 0 Å². The second kappa shape index (κ2) is 2.27. The van der Waals surface area contributed by atoms with E-state index >= 15 is 0 Å². The lowest BCUT2D eigenvalue weighted by atomic mass is 10.3. The Labute approximate surface area is 56.9 Å². The molecule has 1 nitrogen and oxygen atoms in total. The van der Waals surface area contributed by atoms with Crippen LogP contribution in [-0.2, 0) is 0 Å². The van der Waals surface area contributed by atoms with Gasteiger partial charge in [-0.1, -0.05) is 0 Å². The topological polar surface area (TPSA) is 12.9 Å². The summed E-state index contributed by atoms with van der Waals surface area (Å²) in [5, 5.41) is 0. The van der Waals surface area contributed by atoms with E-state index < -0.39 is 0 Å². The van der Waals surface area contributed by atoms with E-state index in [1.54, 1.807) is 6.20 Å². The zero-order chi connectivity index (χ0) is 5.98. The molecular weight excluding hydrogens is 166 g/mol. The zero-order valence-electron chi connectivity index (χ0n) is 4.26. The first-order chi connectivity index (χ1) is 3.79. The van der Waals surface area contributed by atoms with E-state index in [-0.39, 0.29) is 0 Å². The van der Waals surface area contributed by atoms with Gasteiger partial charge in [-0.2, -0.15) is 0 Å². The van der Waals surface area contributed by atoms with Gasteiger partial charge in [0.1, 0.15) is 4.60 Å². The fraction of sp³-hybridized carbons (Fsp3) is 0. The Bertz CT molecular complexity index is 168. The fourth-order valence-corrected chi connectivity index (χ4v) is 0.855. The van der Waals surface area contributed by atoms with E-state index in [1.165, 1.54) is 0 Å². The second-order valence-electron chi connectivity index (χ2n) is 1.49. The molecule has 2 heteroatoms. The first-order valence-corrected chi connectivity index (χ1v) is 3.02. The third kappa shape index (κ3) is 1.30. The standard InChI is InChI=1S/C6H5BrN/c1-5-2-3-8-6(7)4-5/h2-4H,1H2. The Kier molecular flexibility index (Phi) is 1.63. The van der Waals surface area contributed by atoms with Crippen molar-refractivity contribution in [3.05, 3.63) is 35.4 Å². The lowest BCUT2D eigenvalue weighted by Gasteiger charge is -1.88. The highest BCUT2D eigenvalue weighted by molar-refractivity contribution is 9.10. The normalized spacial score (nSPS) is 9.25. The molecule has 8 heavy (non-hydrogen) atoms. The molecule has 0 aliphatic rings. The number of aromatic nitrogens is 1. The minimum absolute atomic E-state index is 0.838. The average Bonchev–Trinajstić information content (AvgIpc) is 1.64. The summed E-state index contributed by atoms with van der Waals surface area (Å²) in [6, 6.07) is 3.71. The van der Waals surface area contributed by atoms with Crippen molar-refractivity contribution in [3.8, 4) is 0 Å². The Hall–Kier alpha value is -0.370. The third-order valence-electron chi connectivity index (χ3n) is 0.791. The highest BCUT2D eigenvalue weighted by Gasteiger charge is 1.84. The molecule has 0 N–H and O–H groups in total. The van der Waals surface area contributed by atoms with Gasteiger partial charge < -0.3 is 0 Å². The summed E-state index contributed by atoms with van der Waals surface area (Å²) >= 11 is 3.21. The van der Waals surface area contributed by atoms with Gasteiger partial charge in [0.05, 0.1) is 0 Å². The van der Waals surface area contributed by atoms with Crippen molar-refractivity contribution in [2.45, 2.75) is 0 Å². The van der Waals surface area contributed by atoms with Gasteiger partial charge in [-0.25, -0.2) is 4.98 Å². The molecular formula is C6H5BrN. The van der Waals surface area contributed by atoms with Crippen LogP contribution >= 0.6 is 15.9 Å². The molecule has 0 aliphatic heterocycles. The van der Waals surface area contributed by atoms with E-state index in [0.717, 1.165) is 10.2 Å². The van der Waals surface area contributed by atoms with Crippen molar-refractivity contribution in [2.24, 2.45) is 0 Å². The molecule has 0 unspecified atom stereocenters. The fourth-order valence-electron chi connectivity index (χ4n) is 0.443. The second-order valence-corrected chi connectivity index (χ2v) is 2.30. The first-order valence-electron chi connectivity index (χ1n) is 2.22. The van der Waals surface area contributed by atoms with E-state index in [9.17, 15) is 0 Å². The van der Waals surface area contributed by atoms with Crippen LogP contribution in [0.3, 0.4) is 0 Å². The minimum Gasteiger partial charge on any atom is -0.249 e. The summed E-state index contributed by atoms with van der Waals surface area (Å²) in [5.74, 6) is 0. The molecule has 1 aromatic heterocycles. The lowest BCUT2D eigenvalue weighted by Crippen LogP contribution is -1.73. The van der Waals surface area contributed by atoms with Crippen LogP contribution in [0.4, 0.5) is 0 Å². The molecule has 41 valence electrons. The van der Waals surface area contributed by atoms with Crippen molar-refractivity contribution in [1.82, 2.24) is 4.98 Å². The van der Waals surface area contributed by atoms with Gasteiger partial charge in [-0.05, 0) is 40.5 Å². The maximum Gasteiger partial charge on any atom is 0.106 e. The molecule has 1 heterocycles. The smallest absolute Gasteiger partial charge is 0.106 e. The van der Waals surface area contributed by atoms with Gasteiger partial charge in [0.25, 0.3) is 0 Å². The molecule has 0 aliphatic carbocycles. The van der Waals surface area contributed by atoms with E-state index in [4.69, 9.17) is 0 Å². The average molecular weight is 171 g/mol. The molecule has 0 amide bonds. The van der Waals surface area contributed by atoms with Crippen LogP contribution in [0.1, 0.15) is 5.56 Å². The van der Waals surface area contributed by atoms with Gasteiger partial charge in [-0.15, -0.1) is 0 Å². The molecule has 0 aromatic carbocycles. The predicted molar refractivity (Wildman–Crippen MR) is 36.4 cm³/mol. The Morgan fingerprint density at radius 3 is 2.75 bits per heavy atom. The van der Waals surface area contributed by atoms with E-state index in [1.807, 2.05) is 12.1 Å². The van der Waals surface area contributed by atoms with Gasteiger partial charge in [0, 0.05) is 6.20 Å². The Morgan fingerprint density at radius 1 is 1.62 bits per heavy atom. The molecule has 0 bridgehead atoms. The summed E-state index contributed by atoms with van der Waals surface area (Å²) in [4.78, 5) is 3.92. The van der Waals surface area contributed by atoms with Gasteiger partial charge in [0.2, 0.25) is 0 Å². The molecule has 0 spiro atoms.